The van der Waals surface area contributed by atoms with E-state index in [2.05, 4.69) is 15.0 Å². The lowest BCUT2D eigenvalue weighted by atomic mass is 10.2. The number of H-pyrrole nitrogens is 1. The number of methoxy groups -OCH3 is 1. The van der Waals surface area contributed by atoms with Crippen LogP contribution in [0.1, 0.15) is 10.5 Å². The number of aromatic nitrogens is 4. The van der Waals surface area contributed by atoms with Crippen molar-refractivity contribution in [3.05, 3.63) is 58.6 Å². The lowest BCUT2D eigenvalue weighted by Crippen LogP contribution is -2.15. The average Bonchev–Trinajstić information content (AvgIpc) is 3.04. The van der Waals surface area contributed by atoms with E-state index in [1.807, 2.05) is 0 Å². The molecule has 0 unspecified atom stereocenters. The highest BCUT2D eigenvalue weighted by atomic mass is 16.5. The van der Waals surface area contributed by atoms with Gasteiger partial charge in [-0.15, -0.1) is 0 Å². The predicted molar refractivity (Wildman–Crippen MR) is 103 cm³/mol. The Kier molecular flexibility index (Phi) is 4.15. The number of ether oxygens (including phenoxy) is 1. The zero-order valence-electron chi connectivity index (χ0n) is 15.1. The van der Waals surface area contributed by atoms with Gasteiger partial charge in [-0.2, -0.15) is 0 Å². The third-order valence-electron chi connectivity index (χ3n) is 4.32. The van der Waals surface area contributed by atoms with Crippen LogP contribution in [0, 0.1) is 0 Å². The Labute approximate surface area is 162 Å². The molecule has 5 N–H and O–H groups in total. The number of phenolic OH excluding ortho intramolecular Hbond substituents is 2. The summed E-state index contributed by atoms with van der Waals surface area (Å²) in [6.45, 7) is 0. The second-order valence-electron chi connectivity index (χ2n) is 6.13. The molecule has 0 radical (unpaired) electrons. The Morgan fingerprint density at radius 1 is 1.14 bits per heavy atom. The third-order valence-corrected chi connectivity index (χ3v) is 4.32. The lowest BCUT2D eigenvalue weighted by molar-refractivity contribution is 0.0997. The van der Waals surface area contributed by atoms with Gasteiger partial charge in [0.15, 0.2) is 28.7 Å². The van der Waals surface area contributed by atoms with Crippen LogP contribution in [0.4, 0.5) is 0 Å². The van der Waals surface area contributed by atoms with E-state index >= 15 is 0 Å². The number of carbonyl (C=O) groups is 1. The molecule has 4 rings (SSSR count). The number of primary amides is 1. The molecule has 0 spiro atoms. The first-order chi connectivity index (χ1) is 13.9. The molecular weight excluding hydrogens is 378 g/mol. The normalized spacial score (nSPS) is 10.9. The molecule has 2 aromatic heterocycles. The van der Waals surface area contributed by atoms with Crippen molar-refractivity contribution in [3.63, 3.8) is 0 Å². The number of nitrogens with two attached hydrogens (primary N) is 1. The van der Waals surface area contributed by atoms with Crippen LogP contribution in [0.15, 0.2) is 47.3 Å². The molecule has 1 amide bonds. The van der Waals surface area contributed by atoms with E-state index in [1.165, 1.54) is 29.9 Å². The molecule has 10 nitrogen and oxygen atoms in total. The number of aromatic hydroxyl groups is 2. The summed E-state index contributed by atoms with van der Waals surface area (Å²) in [6, 6.07) is 10.7. The molecule has 0 atom stereocenters. The van der Waals surface area contributed by atoms with E-state index in [0.717, 1.165) is 0 Å². The second-order valence-corrected chi connectivity index (χ2v) is 6.13. The largest absolute Gasteiger partial charge is 0.504 e. The molecule has 4 aromatic rings. The Morgan fingerprint density at radius 2 is 1.93 bits per heavy atom. The maximum absolute atomic E-state index is 12.6. The minimum Gasteiger partial charge on any atom is -0.504 e. The number of nitrogens with one attached hydrogen (secondary N) is 1. The van der Waals surface area contributed by atoms with Gasteiger partial charge in [-0.05, 0) is 30.3 Å². The van der Waals surface area contributed by atoms with E-state index < -0.39 is 11.6 Å². The number of phenols is 2. The Hall–Kier alpha value is -4.34. The zero-order chi connectivity index (χ0) is 20.7. The number of imidazole rings is 1. The molecule has 2 aromatic carbocycles. The fraction of sp³-hybridized carbons (Fsp3) is 0.0526. The molecule has 10 heteroatoms. The standard InChI is InChI=1S/C19H15N5O5/c1-29-11-4-2-3-10(8-11)24-18-15(22-19(24)28)14(16(20)27)21-17(23-18)9-5-6-12(25)13(26)7-9/h2-8,25-26H,1H3,(H2,20,27)(H,22,28). The molecule has 2 heterocycles. The predicted octanol–water partition coefficient (Wildman–Crippen LogP) is 1.29. The van der Waals surface area contributed by atoms with Gasteiger partial charge in [0, 0.05) is 11.6 Å². The molecule has 0 saturated heterocycles. The van der Waals surface area contributed by atoms with Crippen LogP contribution in [-0.2, 0) is 0 Å². The highest BCUT2D eigenvalue weighted by Gasteiger charge is 2.20. The monoisotopic (exact) mass is 393 g/mol. The molecular formula is C19H15N5O5. The molecule has 29 heavy (non-hydrogen) atoms. The van der Waals surface area contributed by atoms with Crippen molar-refractivity contribution in [2.45, 2.75) is 0 Å². The van der Waals surface area contributed by atoms with Crippen molar-refractivity contribution in [1.82, 2.24) is 19.5 Å². The van der Waals surface area contributed by atoms with Crippen molar-refractivity contribution in [3.8, 4) is 34.3 Å². The molecule has 146 valence electrons. The van der Waals surface area contributed by atoms with Crippen molar-refractivity contribution in [1.29, 1.82) is 0 Å². The number of benzene rings is 2. The van der Waals surface area contributed by atoms with E-state index in [0.29, 0.717) is 17.0 Å². The molecule has 0 bridgehead atoms. The summed E-state index contributed by atoms with van der Waals surface area (Å²) in [6.07, 6.45) is 0. The van der Waals surface area contributed by atoms with Crippen LogP contribution >= 0.6 is 0 Å². The summed E-state index contributed by atoms with van der Waals surface area (Å²) in [7, 11) is 1.50. The van der Waals surface area contributed by atoms with Gasteiger partial charge < -0.3 is 25.7 Å². The summed E-state index contributed by atoms with van der Waals surface area (Å²) >= 11 is 0. The second kappa shape index (κ2) is 6.68. The maximum atomic E-state index is 12.6. The first kappa shape index (κ1) is 18.0. The van der Waals surface area contributed by atoms with Gasteiger partial charge in [0.25, 0.3) is 5.91 Å². The smallest absolute Gasteiger partial charge is 0.332 e. The van der Waals surface area contributed by atoms with Gasteiger partial charge in [-0.25, -0.2) is 19.3 Å². The number of aromatic amines is 1. The number of fused-ring (bicyclic) bond motifs is 1. The maximum Gasteiger partial charge on any atom is 0.332 e. The summed E-state index contributed by atoms with van der Waals surface area (Å²) in [4.78, 5) is 35.7. The van der Waals surface area contributed by atoms with Crippen LogP contribution in [-0.4, -0.2) is 42.7 Å². The molecule has 0 fully saturated rings. The first-order valence-electron chi connectivity index (χ1n) is 8.38. The van der Waals surface area contributed by atoms with E-state index in [1.54, 1.807) is 24.3 Å². The van der Waals surface area contributed by atoms with Crippen molar-refractivity contribution in [2.75, 3.05) is 7.11 Å². The average molecular weight is 393 g/mol. The SMILES string of the molecule is COc1cccc(-n2c(=O)[nH]c3c(C(N)=O)nc(-c4ccc(O)c(O)c4)nc32)c1. The Bertz CT molecular complexity index is 1320. The highest BCUT2D eigenvalue weighted by molar-refractivity contribution is 6.02. The fourth-order valence-electron chi connectivity index (χ4n) is 2.94. The van der Waals surface area contributed by atoms with Crippen LogP contribution in [0.25, 0.3) is 28.2 Å². The highest BCUT2D eigenvalue weighted by Crippen LogP contribution is 2.30. The lowest BCUT2D eigenvalue weighted by Gasteiger charge is -2.08. The number of hydrogen-bond donors (Lipinski definition) is 4. The number of carbonyl (C=O) groups excluding carboxylic acids is 1. The number of rotatable bonds is 4. The van der Waals surface area contributed by atoms with E-state index in [4.69, 9.17) is 10.5 Å². The Balaban J connectivity index is 2.04. The topological polar surface area (TPSA) is 156 Å². The molecule has 0 saturated carbocycles. The van der Waals surface area contributed by atoms with Crippen LogP contribution < -0.4 is 16.2 Å². The third kappa shape index (κ3) is 3.02. The van der Waals surface area contributed by atoms with Crippen LogP contribution in [0.2, 0.25) is 0 Å². The summed E-state index contributed by atoms with van der Waals surface area (Å²) in [5, 5.41) is 19.3. The molecule has 0 aliphatic carbocycles. The van der Waals surface area contributed by atoms with Crippen LogP contribution in [0.3, 0.4) is 0 Å². The van der Waals surface area contributed by atoms with Gasteiger partial charge in [0.05, 0.1) is 12.8 Å². The zero-order valence-corrected chi connectivity index (χ0v) is 15.1. The van der Waals surface area contributed by atoms with Gasteiger partial charge >= 0.3 is 5.69 Å². The number of hydrogen-bond acceptors (Lipinski definition) is 7. The number of nitrogens with zero attached hydrogens (tertiary/aromatic N) is 3. The van der Waals surface area contributed by atoms with Gasteiger partial charge in [-0.1, -0.05) is 6.07 Å². The van der Waals surface area contributed by atoms with Gasteiger partial charge in [0.1, 0.15) is 11.3 Å². The van der Waals surface area contributed by atoms with E-state index in [9.17, 15) is 19.8 Å². The van der Waals surface area contributed by atoms with Gasteiger partial charge in [-0.3, -0.25) is 4.79 Å². The molecule has 0 aliphatic heterocycles. The quantitative estimate of drug-likeness (QED) is 0.381. The summed E-state index contributed by atoms with van der Waals surface area (Å²) < 4.78 is 6.46. The number of amides is 1. The minimum atomic E-state index is -0.860. The summed E-state index contributed by atoms with van der Waals surface area (Å²) in [5.74, 6) is -1.000. The fourth-order valence-corrected chi connectivity index (χ4v) is 2.94. The Morgan fingerprint density at radius 3 is 2.62 bits per heavy atom. The van der Waals surface area contributed by atoms with Crippen molar-refractivity contribution < 1.29 is 19.7 Å². The summed E-state index contributed by atoms with van der Waals surface area (Å²) in [5.41, 5.74) is 5.69. The van der Waals surface area contributed by atoms with Gasteiger partial charge in [0.2, 0.25) is 0 Å². The van der Waals surface area contributed by atoms with E-state index in [-0.39, 0.29) is 34.2 Å². The molecule has 0 aliphatic rings. The minimum absolute atomic E-state index is 0.0391. The van der Waals surface area contributed by atoms with Crippen molar-refractivity contribution in [2.24, 2.45) is 5.73 Å². The van der Waals surface area contributed by atoms with Crippen molar-refractivity contribution >= 4 is 17.1 Å². The first-order valence-corrected chi connectivity index (χ1v) is 8.38. The van der Waals surface area contributed by atoms with Crippen LogP contribution in [0.5, 0.6) is 17.2 Å².